The number of carboxylic acid groups (broad SMARTS) is 1. The Kier molecular flexibility index (Phi) is 3.75. The van der Waals surface area contributed by atoms with Crippen molar-refractivity contribution in [1.82, 2.24) is 0 Å². The number of hydrogen-bond donors (Lipinski definition) is 1. The Bertz CT molecular complexity index is 694. The minimum atomic E-state index is -1.17. The maximum atomic E-state index is 12.4. The van der Waals surface area contributed by atoms with Gasteiger partial charge in [0, 0.05) is 22.1 Å². The fourth-order valence-corrected chi connectivity index (χ4v) is 3.67. The number of aromatic carboxylic acids is 1. The summed E-state index contributed by atoms with van der Waals surface area (Å²) < 4.78 is 18.0. The molecule has 21 heavy (non-hydrogen) atoms. The van der Waals surface area contributed by atoms with Crippen LogP contribution in [0.1, 0.15) is 21.8 Å². The highest BCUT2D eigenvalue weighted by Gasteiger charge is 2.25. The number of benzene rings is 2. The largest absolute Gasteiger partial charge is 0.493 e. The van der Waals surface area contributed by atoms with Gasteiger partial charge >= 0.3 is 5.97 Å². The van der Waals surface area contributed by atoms with Gasteiger partial charge in [-0.1, -0.05) is 18.2 Å². The van der Waals surface area contributed by atoms with Gasteiger partial charge in [0.15, 0.2) is 0 Å². The maximum Gasteiger partial charge on any atom is 0.335 e. The van der Waals surface area contributed by atoms with Gasteiger partial charge in [-0.05, 0) is 30.3 Å². The highest BCUT2D eigenvalue weighted by molar-refractivity contribution is 7.85. The predicted molar refractivity (Wildman–Crippen MR) is 79.4 cm³/mol. The molecule has 5 heteroatoms. The van der Waals surface area contributed by atoms with E-state index in [-0.39, 0.29) is 11.5 Å². The summed E-state index contributed by atoms with van der Waals surface area (Å²) >= 11 is 0. The first-order chi connectivity index (χ1) is 10.1. The van der Waals surface area contributed by atoms with Crippen molar-refractivity contribution >= 4 is 16.8 Å². The number of carbonyl (C=O) groups is 1. The van der Waals surface area contributed by atoms with Crippen LogP contribution in [0.25, 0.3) is 0 Å². The predicted octanol–water partition coefficient (Wildman–Crippen LogP) is 2.67. The van der Waals surface area contributed by atoms with Crippen LogP contribution in [0.15, 0.2) is 53.4 Å². The second-order valence-electron chi connectivity index (χ2n) is 4.89. The molecule has 0 fully saturated rings. The van der Waals surface area contributed by atoms with Crippen molar-refractivity contribution < 1.29 is 18.8 Å². The molecule has 0 radical (unpaired) electrons. The smallest absolute Gasteiger partial charge is 0.335 e. The molecule has 1 aliphatic rings. The van der Waals surface area contributed by atoms with Gasteiger partial charge in [0.25, 0.3) is 0 Å². The lowest BCUT2D eigenvalue weighted by atomic mass is 10.0. The van der Waals surface area contributed by atoms with Gasteiger partial charge in [0.1, 0.15) is 5.75 Å². The first kappa shape index (κ1) is 13.8. The van der Waals surface area contributed by atoms with E-state index >= 15 is 0 Å². The van der Waals surface area contributed by atoms with E-state index in [0.29, 0.717) is 17.3 Å². The van der Waals surface area contributed by atoms with E-state index < -0.39 is 16.8 Å². The number of rotatable bonds is 4. The Morgan fingerprint density at radius 2 is 1.90 bits per heavy atom. The maximum absolute atomic E-state index is 12.4. The van der Waals surface area contributed by atoms with Gasteiger partial charge in [-0.3, -0.25) is 4.21 Å². The van der Waals surface area contributed by atoms with Crippen LogP contribution >= 0.6 is 0 Å². The van der Waals surface area contributed by atoms with Crippen LogP contribution < -0.4 is 4.74 Å². The topological polar surface area (TPSA) is 63.6 Å². The summed E-state index contributed by atoms with van der Waals surface area (Å²) in [7, 11) is -1.17. The van der Waals surface area contributed by atoms with Crippen molar-refractivity contribution in [2.45, 2.75) is 10.8 Å². The number of carboxylic acids is 1. The van der Waals surface area contributed by atoms with Gasteiger partial charge in [-0.25, -0.2) is 4.79 Å². The summed E-state index contributed by atoms with van der Waals surface area (Å²) in [5, 5.41) is 8.86. The standard InChI is InChI=1S/C16H14O4S/c17-16(18)11-5-7-13(8-6-11)21(19)10-12-9-20-15-4-2-1-3-14(12)15/h1-8,12H,9-10H2,(H,17,18). The van der Waals surface area contributed by atoms with E-state index in [4.69, 9.17) is 9.84 Å². The quantitative estimate of drug-likeness (QED) is 0.943. The Balaban J connectivity index is 1.74. The molecule has 3 rings (SSSR count). The van der Waals surface area contributed by atoms with Gasteiger partial charge in [-0.2, -0.15) is 0 Å². The Labute approximate surface area is 124 Å². The normalized spacial score (nSPS) is 17.8. The molecule has 4 nitrogen and oxygen atoms in total. The van der Waals surface area contributed by atoms with Crippen LogP contribution in [0.3, 0.4) is 0 Å². The monoisotopic (exact) mass is 302 g/mol. The second kappa shape index (κ2) is 5.69. The zero-order valence-corrected chi connectivity index (χ0v) is 12.0. The number of para-hydroxylation sites is 1. The first-order valence-electron chi connectivity index (χ1n) is 6.58. The lowest BCUT2D eigenvalue weighted by Crippen LogP contribution is -2.11. The van der Waals surface area contributed by atoms with E-state index in [1.807, 2.05) is 24.3 Å². The molecular weight excluding hydrogens is 288 g/mol. The molecule has 1 N–H and O–H groups in total. The molecule has 1 aliphatic heterocycles. The van der Waals surface area contributed by atoms with Crippen molar-refractivity contribution in [1.29, 1.82) is 0 Å². The molecule has 0 aliphatic carbocycles. The fraction of sp³-hybridized carbons (Fsp3) is 0.188. The van der Waals surface area contributed by atoms with Crippen LogP contribution in [0.2, 0.25) is 0 Å². The first-order valence-corrected chi connectivity index (χ1v) is 7.90. The highest BCUT2D eigenvalue weighted by Crippen LogP contribution is 2.34. The molecule has 0 aromatic heterocycles. The van der Waals surface area contributed by atoms with Gasteiger partial charge in [-0.15, -0.1) is 0 Å². The molecule has 2 aromatic carbocycles. The van der Waals surface area contributed by atoms with Crippen LogP contribution in [-0.4, -0.2) is 27.6 Å². The van der Waals surface area contributed by atoms with Crippen LogP contribution in [-0.2, 0) is 10.8 Å². The summed E-state index contributed by atoms with van der Waals surface area (Å²) in [6, 6.07) is 14.0. The average molecular weight is 302 g/mol. The Morgan fingerprint density at radius 1 is 1.19 bits per heavy atom. The number of ether oxygens (including phenoxy) is 1. The minimum Gasteiger partial charge on any atom is -0.493 e. The summed E-state index contributed by atoms with van der Waals surface area (Å²) in [5.74, 6) is 0.469. The van der Waals surface area contributed by atoms with Crippen molar-refractivity contribution in [3.05, 3.63) is 59.7 Å². The molecule has 2 unspecified atom stereocenters. The van der Waals surface area contributed by atoms with E-state index in [9.17, 15) is 9.00 Å². The van der Waals surface area contributed by atoms with E-state index in [1.165, 1.54) is 12.1 Å². The van der Waals surface area contributed by atoms with Gasteiger partial charge in [0.05, 0.1) is 23.0 Å². The SMILES string of the molecule is O=C(O)c1ccc(S(=O)CC2COc3ccccc32)cc1. The molecule has 2 aromatic rings. The molecule has 2 atom stereocenters. The minimum absolute atomic E-state index is 0.112. The molecule has 1 heterocycles. The summed E-state index contributed by atoms with van der Waals surface area (Å²) in [6.07, 6.45) is 0. The van der Waals surface area contributed by atoms with E-state index in [2.05, 4.69) is 0 Å². The molecule has 0 spiro atoms. The lowest BCUT2D eigenvalue weighted by Gasteiger charge is -2.09. The summed E-state index contributed by atoms with van der Waals surface area (Å²) in [6.45, 7) is 0.540. The van der Waals surface area contributed by atoms with Crippen molar-refractivity contribution in [3.8, 4) is 5.75 Å². The Morgan fingerprint density at radius 3 is 2.62 bits per heavy atom. The van der Waals surface area contributed by atoms with Crippen LogP contribution in [0.4, 0.5) is 0 Å². The van der Waals surface area contributed by atoms with Crippen molar-refractivity contribution in [2.24, 2.45) is 0 Å². The summed E-state index contributed by atoms with van der Waals surface area (Å²) in [5.41, 5.74) is 1.29. The van der Waals surface area contributed by atoms with Crippen LogP contribution in [0.5, 0.6) is 5.75 Å². The zero-order chi connectivity index (χ0) is 14.8. The third-order valence-corrected chi connectivity index (χ3v) is 5.02. The third kappa shape index (κ3) is 2.83. The summed E-state index contributed by atoms with van der Waals surface area (Å²) in [4.78, 5) is 11.4. The highest BCUT2D eigenvalue weighted by atomic mass is 32.2. The van der Waals surface area contributed by atoms with Gasteiger partial charge < -0.3 is 9.84 Å². The van der Waals surface area contributed by atoms with E-state index in [1.54, 1.807) is 12.1 Å². The molecule has 0 saturated heterocycles. The molecule has 0 saturated carbocycles. The Hall–Kier alpha value is -2.14. The third-order valence-electron chi connectivity index (χ3n) is 3.52. The molecule has 0 amide bonds. The average Bonchev–Trinajstić information content (AvgIpc) is 2.91. The van der Waals surface area contributed by atoms with Crippen LogP contribution in [0, 0.1) is 0 Å². The van der Waals surface area contributed by atoms with Gasteiger partial charge in [0.2, 0.25) is 0 Å². The number of fused-ring (bicyclic) bond motifs is 1. The molecular formula is C16H14O4S. The lowest BCUT2D eigenvalue weighted by molar-refractivity contribution is 0.0697. The van der Waals surface area contributed by atoms with Crippen molar-refractivity contribution in [3.63, 3.8) is 0 Å². The molecule has 108 valence electrons. The zero-order valence-electron chi connectivity index (χ0n) is 11.2. The number of hydrogen-bond acceptors (Lipinski definition) is 3. The second-order valence-corrected chi connectivity index (χ2v) is 6.38. The fourth-order valence-electron chi connectivity index (χ4n) is 2.40. The van der Waals surface area contributed by atoms with Crippen molar-refractivity contribution in [2.75, 3.05) is 12.4 Å². The van der Waals surface area contributed by atoms with E-state index in [0.717, 1.165) is 11.3 Å². The molecule has 0 bridgehead atoms.